The smallest absolute Gasteiger partial charge is 0.194 e. The van der Waals surface area contributed by atoms with Crippen LogP contribution in [-0.4, -0.2) is 58.8 Å². The molecule has 3 atom stereocenters. The molecular formula is C21H32IN5O2. The van der Waals surface area contributed by atoms with E-state index in [1.807, 2.05) is 43.0 Å². The molecule has 2 aromatic rings. The molecule has 1 saturated heterocycles. The van der Waals surface area contributed by atoms with E-state index in [4.69, 9.17) is 9.73 Å². The molecule has 7 nitrogen and oxygen atoms in total. The summed E-state index contributed by atoms with van der Waals surface area (Å²) < 4.78 is 7.43. The zero-order chi connectivity index (χ0) is 19.9. The fourth-order valence-electron chi connectivity index (χ4n) is 3.65. The van der Waals surface area contributed by atoms with Crippen LogP contribution >= 0.6 is 24.0 Å². The molecule has 29 heavy (non-hydrogen) atoms. The third-order valence-corrected chi connectivity index (χ3v) is 5.35. The Hall–Kier alpha value is -1.81. The number of likely N-dealkylation sites (tertiary alicyclic amines) is 1. The second-order valence-corrected chi connectivity index (χ2v) is 7.28. The monoisotopic (exact) mass is 513 g/mol. The molecule has 3 unspecified atom stereocenters. The summed E-state index contributed by atoms with van der Waals surface area (Å²) in [6.45, 7) is 7.27. The number of imidazole rings is 1. The Morgan fingerprint density at radius 3 is 2.97 bits per heavy atom. The number of piperidine rings is 1. The van der Waals surface area contributed by atoms with E-state index >= 15 is 0 Å². The zero-order valence-electron chi connectivity index (χ0n) is 17.4. The van der Waals surface area contributed by atoms with E-state index in [0.29, 0.717) is 18.5 Å². The Labute approximate surface area is 190 Å². The molecule has 0 aliphatic carbocycles. The van der Waals surface area contributed by atoms with Gasteiger partial charge in [0.15, 0.2) is 5.96 Å². The average Bonchev–Trinajstić information content (AvgIpc) is 3.26. The maximum Gasteiger partial charge on any atom is 0.194 e. The first-order valence-corrected chi connectivity index (χ1v) is 9.95. The molecule has 0 radical (unpaired) electrons. The van der Waals surface area contributed by atoms with Gasteiger partial charge in [0.05, 0.1) is 32.1 Å². The Bertz CT molecular complexity index is 768. The maximum absolute atomic E-state index is 10.6. The fraction of sp³-hybridized carbons (Fsp3) is 0.524. The molecule has 0 saturated carbocycles. The van der Waals surface area contributed by atoms with Gasteiger partial charge in [0, 0.05) is 32.0 Å². The number of aliphatic hydroxyl groups is 1. The van der Waals surface area contributed by atoms with Crippen LogP contribution in [-0.2, 0) is 0 Å². The minimum absolute atomic E-state index is 0. The summed E-state index contributed by atoms with van der Waals surface area (Å²) in [4.78, 5) is 11.2. The molecule has 2 N–H and O–H groups in total. The quantitative estimate of drug-likeness (QED) is 0.353. The van der Waals surface area contributed by atoms with E-state index < -0.39 is 6.10 Å². The fourth-order valence-corrected chi connectivity index (χ4v) is 3.65. The van der Waals surface area contributed by atoms with Crippen LogP contribution in [0.15, 0.2) is 48.0 Å². The van der Waals surface area contributed by atoms with Crippen molar-refractivity contribution in [1.29, 1.82) is 0 Å². The molecule has 1 aromatic heterocycles. The number of aliphatic hydroxyl groups excluding tert-OH is 1. The highest BCUT2D eigenvalue weighted by atomic mass is 127. The summed E-state index contributed by atoms with van der Waals surface area (Å²) in [6.07, 6.45) is 6.17. The molecule has 0 spiro atoms. The number of halogens is 1. The molecule has 1 aromatic carbocycles. The number of benzene rings is 1. The van der Waals surface area contributed by atoms with Crippen LogP contribution in [0.3, 0.4) is 0 Å². The van der Waals surface area contributed by atoms with Gasteiger partial charge in [-0.05, 0) is 37.0 Å². The molecular weight excluding hydrogens is 481 g/mol. The third kappa shape index (κ3) is 6.08. The van der Waals surface area contributed by atoms with Crippen molar-refractivity contribution < 1.29 is 9.84 Å². The van der Waals surface area contributed by atoms with Crippen molar-refractivity contribution in [3.05, 3.63) is 48.5 Å². The second kappa shape index (κ2) is 11.4. The van der Waals surface area contributed by atoms with Gasteiger partial charge >= 0.3 is 0 Å². The largest absolute Gasteiger partial charge is 0.497 e. The predicted molar refractivity (Wildman–Crippen MR) is 126 cm³/mol. The van der Waals surface area contributed by atoms with E-state index in [9.17, 15) is 5.11 Å². The number of aromatic nitrogens is 2. The van der Waals surface area contributed by atoms with E-state index in [1.54, 1.807) is 7.11 Å². The summed E-state index contributed by atoms with van der Waals surface area (Å²) in [6, 6.07) is 7.87. The van der Waals surface area contributed by atoms with Gasteiger partial charge < -0.3 is 24.6 Å². The lowest BCUT2D eigenvalue weighted by Crippen LogP contribution is -2.49. The van der Waals surface area contributed by atoms with Crippen molar-refractivity contribution in [1.82, 2.24) is 19.8 Å². The highest BCUT2D eigenvalue weighted by Crippen LogP contribution is 2.27. The van der Waals surface area contributed by atoms with Gasteiger partial charge in [-0.2, -0.15) is 0 Å². The Kier molecular flexibility index (Phi) is 9.22. The Morgan fingerprint density at radius 2 is 2.28 bits per heavy atom. The standard InChI is InChI=1S/C21H31N5O2.HI/c1-4-23-21(24-13-20(27)17-6-5-7-18(12-17)28-3)25-10-8-16(2)19(14-25)26-11-9-22-15-26;/h5-7,9,11-12,15-16,19-20,27H,4,8,10,13-14H2,1-3H3,(H,23,24);1H. The zero-order valence-corrected chi connectivity index (χ0v) is 19.7. The highest BCUT2D eigenvalue weighted by Gasteiger charge is 2.29. The number of methoxy groups -OCH3 is 1. The maximum atomic E-state index is 10.6. The van der Waals surface area contributed by atoms with Gasteiger partial charge in [-0.1, -0.05) is 19.1 Å². The Morgan fingerprint density at radius 1 is 1.45 bits per heavy atom. The number of guanidine groups is 1. The van der Waals surface area contributed by atoms with Crippen molar-refractivity contribution in [2.24, 2.45) is 10.9 Å². The number of aliphatic imine (C=N–C) groups is 1. The van der Waals surface area contributed by atoms with E-state index in [2.05, 4.69) is 33.6 Å². The van der Waals surface area contributed by atoms with Crippen LogP contribution in [0.1, 0.15) is 38.0 Å². The van der Waals surface area contributed by atoms with Gasteiger partial charge in [0.1, 0.15) is 5.75 Å². The van der Waals surface area contributed by atoms with Gasteiger partial charge in [0.2, 0.25) is 0 Å². The van der Waals surface area contributed by atoms with Crippen molar-refractivity contribution in [3.8, 4) is 5.75 Å². The first kappa shape index (κ1) is 23.5. The third-order valence-electron chi connectivity index (χ3n) is 5.35. The summed E-state index contributed by atoms with van der Waals surface area (Å²) >= 11 is 0. The molecule has 160 valence electrons. The number of rotatable bonds is 6. The van der Waals surface area contributed by atoms with Crippen molar-refractivity contribution >= 4 is 29.9 Å². The number of nitrogens with zero attached hydrogens (tertiary/aromatic N) is 4. The van der Waals surface area contributed by atoms with Crippen LogP contribution in [0.5, 0.6) is 5.75 Å². The molecule has 2 heterocycles. The summed E-state index contributed by atoms with van der Waals surface area (Å²) in [5.74, 6) is 2.16. The normalized spacial score (nSPS) is 20.7. The number of ether oxygens (including phenoxy) is 1. The van der Waals surface area contributed by atoms with Crippen molar-refractivity contribution in [3.63, 3.8) is 0 Å². The molecule has 1 aliphatic rings. The Balaban J connectivity index is 0.00000300. The number of hydrogen-bond donors (Lipinski definition) is 2. The van der Waals surface area contributed by atoms with Gasteiger partial charge in [-0.15, -0.1) is 24.0 Å². The number of hydrogen-bond acceptors (Lipinski definition) is 4. The van der Waals surface area contributed by atoms with Crippen LogP contribution in [0, 0.1) is 5.92 Å². The molecule has 1 aliphatic heterocycles. The van der Waals surface area contributed by atoms with Crippen molar-refractivity contribution in [2.75, 3.05) is 33.3 Å². The first-order valence-electron chi connectivity index (χ1n) is 9.95. The van der Waals surface area contributed by atoms with Crippen LogP contribution in [0.25, 0.3) is 0 Å². The molecule has 0 bridgehead atoms. The van der Waals surface area contributed by atoms with E-state index in [0.717, 1.165) is 43.3 Å². The summed E-state index contributed by atoms with van der Waals surface area (Å²) in [5, 5.41) is 14.0. The van der Waals surface area contributed by atoms with E-state index in [1.165, 1.54) is 0 Å². The molecule has 0 amide bonds. The van der Waals surface area contributed by atoms with Crippen molar-refractivity contribution in [2.45, 2.75) is 32.4 Å². The minimum Gasteiger partial charge on any atom is -0.497 e. The lowest BCUT2D eigenvalue weighted by atomic mass is 9.93. The predicted octanol–water partition coefficient (Wildman–Crippen LogP) is 3.09. The SMILES string of the molecule is CCNC(=NCC(O)c1cccc(OC)c1)N1CCC(C)C(n2ccnc2)C1.I. The summed E-state index contributed by atoms with van der Waals surface area (Å²) in [7, 11) is 1.63. The van der Waals surface area contributed by atoms with Gasteiger partial charge in [-0.25, -0.2) is 4.98 Å². The van der Waals surface area contributed by atoms with E-state index in [-0.39, 0.29) is 24.0 Å². The van der Waals surface area contributed by atoms with Crippen LogP contribution in [0.4, 0.5) is 0 Å². The molecule has 1 fully saturated rings. The lowest BCUT2D eigenvalue weighted by molar-refractivity contribution is 0.179. The van der Waals surface area contributed by atoms with Crippen LogP contribution < -0.4 is 10.1 Å². The summed E-state index contributed by atoms with van der Waals surface area (Å²) in [5.41, 5.74) is 0.808. The lowest BCUT2D eigenvalue weighted by Gasteiger charge is -2.39. The number of nitrogens with one attached hydrogen (secondary N) is 1. The molecule has 3 rings (SSSR count). The van der Waals surface area contributed by atoms with Gasteiger partial charge in [0.25, 0.3) is 0 Å². The van der Waals surface area contributed by atoms with Crippen LogP contribution in [0.2, 0.25) is 0 Å². The second-order valence-electron chi connectivity index (χ2n) is 7.28. The average molecular weight is 513 g/mol. The highest BCUT2D eigenvalue weighted by molar-refractivity contribution is 14.0. The topological polar surface area (TPSA) is 74.9 Å². The minimum atomic E-state index is -0.670. The molecule has 8 heteroatoms. The first-order chi connectivity index (χ1) is 13.6. The van der Waals surface area contributed by atoms with Gasteiger partial charge in [-0.3, -0.25) is 4.99 Å².